The van der Waals surface area contributed by atoms with Gasteiger partial charge in [-0.05, 0) is 112 Å². The third-order valence-electron chi connectivity index (χ3n) is 11.6. The standard InChI is InChI=1S/C51H34S/c1-51(2)45-27-24-36(30-44(45)42-25-26-43-37-16-9-10-21-46(37)52-50(43)49(42)51)48-40-19-7-5-17-38(40)47(39-18-6-8-20-41(39)48)35-15-11-14-33(29-35)34-23-22-31-12-3-4-13-32(31)28-34/h3-30H,1-2H3. The fourth-order valence-electron chi connectivity index (χ4n) is 9.21. The van der Waals surface area contributed by atoms with Crippen LogP contribution < -0.4 is 0 Å². The topological polar surface area (TPSA) is 0 Å². The molecule has 0 bridgehead atoms. The van der Waals surface area contributed by atoms with Crippen molar-refractivity contribution in [2.45, 2.75) is 19.3 Å². The van der Waals surface area contributed by atoms with E-state index in [-0.39, 0.29) is 5.41 Å². The van der Waals surface area contributed by atoms with Crippen LogP contribution in [0.5, 0.6) is 0 Å². The van der Waals surface area contributed by atoms with Gasteiger partial charge in [0.2, 0.25) is 0 Å². The molecule has 52 heavy (non-hydrogen) atoms. The van der Waals surface area contributed by atoms with E-state index in [0.29, 0.717) is 0 Å². The number of hydrogen-bond acceptors (Lipinski definition) is 1. The van der Waals surface area contributed by atoms with E-state index < -0.39 is 0 Å². The Labute approximate surface area is 307 Å². The summed E-state index contributed by atoms with van der Waals surface area (Å²) < 4.78 is 2.78. The van der Waals surface area contributed by atoms with E-state index in [2.05, 4.69) is 184 Å². The summed E-state index contributed by atoms with van der Waals surface area (Å²) in [7, 11) is 0. The molecular formula is C51H34S. The molecule has 0 unspecified atom stereocenters. The van der Waals surface area contributed by atoms with Crippen molar-refractivity contribution in [3.8, 4) is 44.5 Å². The Morgan fingerprint density at radius 2 is 0.962 bits per heavy atom. The maximum Gasteiger partial charge on any atom is 0.0402 e. The van der Waals surface area contributed by atoms with Gasteiger partial charge in [-0.1, -0.05) is 159 Å². The minimum absolute atomic E-state index is 0.0896. The van der Waals surface area contributed by atoms with E-state index in [0.717, 1.165) is 0 Å². The summed E-state index contributed by atoms with van der Waals surface area (Å²) in [5.41, 5.74) is 13.1. The second-order valence-electron chi connectivity index (χ2n) is 14.8. The van der Waals surface area contributed by atoms with Crippen LogP contribution in [0.25, 0.3) is 97.0 Å². The van der Waals surface area contributed by atoms with Crippen LogP contribution in [0.2, 0.25) is 0 Å². The molecule has 244 valence electrons. The molecule has 11 rings (SSSR count). The summed E-state index contributed by atoms with van der Waals surface area (Å²) in [5, 5.41) is 10.4. The zero-order chi connectivity index (χ0) is 34.6. The average Bonchev–Trinajstić information content (AvgIpc) is 3.68. The molecule has 1 aromatic heterocycles. The van der Waals surface area contributed by atoms with Gasteiger partial charge in [-0.3, -0.25) is 0 Å². The predicted molar refractivity (Wildman–Crippen MR) is 226 cm³/mol. The van der Waals surface area contributed by atoms with Gasteiger partial charge in [0.25, 0.3) is 0 Å². The number of hydrogen-bond donors (Lipinski definition) is 0. The summed E-state index contributed by atoms with van der Waals surface area (Å²) in [4.78, 5) is 0. The predicted octanol–water partition coefficient (Wildman–Crippen LogP) is 14.8. The Hall–Kier alpha value is -6.02. The molecule has 0 aliphatic heterocycles. The molecule has 9 aromatic carbocycles. The normalized spacial score (nSPS) is 13.3. The first-order valence-corrected chi connectivity index (χ1v) is 19.0. The van der Waals surface area contributed by atoms with E-state index >= 15 is 0 Å². The van der Waals surface area contributed by atoms with E-state index in [1.165, 1.54) is 108 Å². The molecule has 1 heterocycles. The van der Waals surface area contributed by atoms with Crippen LogP contribution >= 0.6 is 11.3 Å². The van der Waals surface area contributed by atoms with Crippen LogP contribution in [0.4, 0.5) is 0 Å². The lowest BCUT2D eigenvalue weighted by atomic mass is 9.81. The van der Waals surface area contributed by atoms with Gasteiger partial charge < -0.3 is 0 Å². The van der Waals surface area contributed by atoms with E-state index in [9.17, 15) is 0 Å². The minimum Gasteiger partial charge on any atom is -0.135 e. The van der Waals surface area contributed by atoms with Crippen LogP contribution in [0.15, 0.2) is 170 Å². The molecule has 0 amide bonds. The zero-order valence-corrected chi connectivity index (χ0v) is 29.9. The molecule has 0 nitrogen and oxygen atoms in total. The Balaban J connectivity index is 1.12. The van der Waals surface area contributed by atoms with Crippen LogP contribution in [-0.2, 0) is 5.41 Å². The molecule has 1 aliphatic carbocycles. The summed E-state index contributed by atoms with van der Waals surface area (Å²) in [5.74, 6) is 0. The van der Waals surface area contributed by atoms with Gasteiger partial charge in [-0.15, -0.1) is 11.3 Å². The van der Waals surface area contributed by atoms with Crippen LogP contribution in [0, 0.1) is 0 Å². The molecule has 0 saturated carbocycles. The Morgan fingerprint density at radius 1 is 0.385 bits per heavy atom. The van der Waals surface area contributed by atoms with Crippen molar-refractivity contribution in [2.75, 3.05) is 0 Å². The highest BCUT2D eigenvalue weighted by Crippen LogP contribution is 2.55. The van der Waals surface area contributed by atoms with Crippen molar-refractivity contribution in [3.63, 3.8) is 0 Å². The summed E-state index contributed by atoms with van der Waals surface area (Å²) in [6.45, 7) is 4.82. The van der Waals surface area contributed by atoms with Gasteiger partial charge in [-0.2, -0.15) is 0 Å². The Bertz CT molecular complexity index is 3040. The monoisotopic (exact) mass is 678 g/mol. The molecular weight excluding hydrogens is 645 g/mol. The quantitative estimate of drug-likeness (QED) is 0.163. The molecule has 0 atom stereocenters. The summed E-state index contributed by atoms with van der Waals surface area (Å²) in [6, 6.07) is 63.4. The van der Waals surface area contributed by atoms with Gasteiger partial charge >= 0.3 is 0 Å². The van der Waals surface area contributed by atoms with E-state index in [4.69, 9.17) is 0 Å². The molecule has 0 N–H and O–H groups in total. The first kappa shape index (κ1) is 29.7. The first-order valence-electron chi connectivity index (χ1n) is 18.2. The second kappa shape index (κ2) is 11.0. The Kier molecular flexibility index (Phi) is 6.27. The van der Waals surface area contributed by atoms with Crippen LogP contribution in [-0.4, -0.2) is 0 Å². The molecule has 10 aromatic rings. The lowest BCUT2D eigenvalue weighted by molar-refractivity contribution is 0.667. The lowest BCUT2D eigenvalue weighted by Crippen LogP contribution is -2.15. The smallest absolute Gasteiger partial charge is 0.0402 e. The first-order chi connectivity index (χ1) is 25.5. The van der Waals surface area contributed by atoms with Gasteiger partial charge in [0.1, 0.15) is 0 Å². The van der Waals surface area contributed by atoms with Gasteiger partial charge in [-0.25, -0.2) is 0 Å². The molecule has 1 heteroatoms. The molecule has 0 fully saturated rings. The molecule has 0 spiro atoms. The van der Waals surface area contributed by atoms with Gasteiger partial charge in [0.05, 0.1) is 0 Å². The van der Waals surface area contributed by atoms with E-state index in [1.54, 1.807) is 0 Å². The maximum absolute atomic E-state index is 2.48. The number of benzene rings is 9. The minimum atomic E-state index is -0.0896. The molecule has 0 saturated heterocycles. The molecule has 1 aliphatic rings. The summed E-state index contributed by atoms with van der Waals surface area (Å²) >= 11 is 1.94. The average molecular weight is 679 g/mol. The maximum atomic E-state index is 2.48. The van der Waals surface area contributed by atoms with Crippen molar-refractivity contribution in [1.29, 1.82) is 0 Å². The highest BCUT2D eigenvalue weighted by Gasteiger charge is 2.38. The van der Waals surface area contributed by atoms with Crippen molar-refractivity contribution in [1.82, 2.24) is 0 Å². The van der Waals surface area contributed by atoms with Crippen LogP contribution in [0.3, 0.4) is 0 Å². The summed E-state index contributed by atoms with van der Waals surface area (Å²) in [6.07, 6.45) is 0. The van der Waals surface area contributed by atoms with Crippen LogP contribution in [0.1, 0.15) is 25.0 Å². The third-order valence-corrected chi connectivity index (χ3v) is 12.8. The van der Waals surface area contributed by atoms with Crippen molar-refractivity contribution in [3.05, 3.63) is 181 Å². The van der Waals surface area contributed by atoms with Crippen molar-refractivity contribution < 1.29 is 0 Å². The number of rotatable bonds is 3. The highest BCUT2D eigenvalue weighted by molar-refractivity contribution is 7.26. The Morgan fingerprint density at radius 3 is 1.69 bits per heavy atom. The largest absolute Gasteiger partial charge is 0.135 e. The number of thiophene rings is 1. The van der Waals surface area contributed by atoms with Crippen molar-refractivity contribution >= 4 is 63.8 Å². The van der Waals surface area contributed by atoms with Gasteiger partial charge in [0.15, 0.2) is 0 Å². The zero-order valence-electron chi connectivity index (χ0n) is 29.1. The highest BCUT2D eigenvalue weighted by atomic mass is 32.1. The van der Waals surface area contributed by atoms with Crippen molar-refractivity contribution in [2.24, 2.45) is 0 Å². The molecule has 0 radical (unpaired) electrons. The number of fused-ring (bicyclic) bond motifs is 10. The fraction of sp³-hybridized carbons (Fsp3) is 0.0588. The van der Waals surface area contributed by atoms with Gasteiger partial charge in [0, 0.05) is 25.6 Å². The second-order valence-corrected chi connectivity index (χ2v) is 15.9. The fourth-order valence-corrected chi connectivity index (χ4v) is 10.6. The lowest BCUT2D eigenvalue weighted by Gasteiger charge is -2.22. The third kappa shape index (κ3) is 4.21. The SMILES string of the molecule is CC1(C)c2ccc(-c3c4ccccc4c(-c4cccc(-c5ccc6ccccc6c5)c4)c4ccccc34)cc2-c2ccc3c(sc4ccccc43)c21. The van der Waals surface area contributed by atoms with E-state index in [1.807, 2.05) is 11.3 Å².